The van der Waals surface area contributed by atoms with Crippen LogP contribution in [0.3, 0.4) is 0 Å². The zero-order valence-electron chi connectivity index (χ0n) is 9.67. The van der Waals surface area contributed by atoms with Crippen molar-refractivity contribution >= 4 is 10.0 Å². The molecule has 1 rings (SSSR count). The fourth-order valence-corrected chi connectivity index (χ4v) is 2.21. The van der Waals surface area contributed by atoms with Gasteiger partial charge in [-0.25, -0.2) is 13.1 Å². The number of hydrogen-bond donors (Lipinski definition) is 3. The summed E-state index contributed by atoms with van der Waals surface area (Å²) in [6.07, 6.45) is 0. The summed E-state index contributed by atoms with van der Waals surface area (Å²) in [7, 11) is -3.61. The van der Waals surface area contributed by atoms with Crippen molar-refractivity contribution in [3.63, 3.8) is 0 Å². The first-order valence-corrected chi connectivity index (χ1v) is 6.62. The maximum absolute atomic E-state index is 11.6. The van der Waals surface area contributed by atoms with E-state index in [1.807, 2.05) is 0 Å². The van der Waals surface area contributed by atoms with Crippen LogP contribution in [0.15, 0.2) is 10.6 Å². The molecule has 17 heavy (non-hydrogen) atoms. The predicted octanol–water partition coefficient (Wildman–Crippen LogP) is -0.854. The zero-order valence-corrected chi connectivity index (χ0v) is 10.5. The van der Waals surface area contributed by atoms with Gasteiger partial charge in [-0.1, -0.05) is 5.16 Å². The van der Waals surface area contributed by atoms with Crippen molar-refractivity contribution < 1.29 is 23.2 Å². The lowest BCUT2D eigenvalue weighted by Gasteiger charge is -2.20. The smallest absolute Gasteiger partial charge is 0.217 e. The van der Waals surface area contributed by atoms with Gasteiger partial charge in [-0.05, 0) is 13.8 Å². The summed E-state index contributed by atoms with van der Waals surface area (Å²) >= 11 is 0. The molecule has 1 aromatic heterocycles. The molecular formula is C9H16N2O5S. The van der Waals surface area contributed by atoms with Crippen molar-refractivity contribution in [2.75, 3.05) is 13.2 Å². The molecule has 3 N–H and O–H groups in total. The van der Waals surface area contributed by atoms with Gasteiger partial charge in [0.1, 0.15) is 17.2 Å². The van der Waals surface area contributed by atoms with Crippen molar-refractivity contribution in [2.24, 2.45) is 0 Å². The molecule has 0 saturated carbocycles. The SMILES string of the molecule is Cc1cc(CS(=O)(=O)NCC(C)(O)CO)no1. The Bertz CT molecular complexity index is 465. The van der Waals surface area contributed by atoms with Crippen LogP contribution >= 0.6 is 0 Å². The highest BCUT2D eigenvalue weighted by Gasteiger charge is 2.23. The zero-order chi connectivity index (χ0) is 13.1. The number of rotatable bonds is 6. The quantitative estimate of drug-likeness (QED) is 0.616. The number of aliphatic hydroxyl groups is 2. The van der Waals surface area contributed by atoms with E-state index in [9.17, 15) is 13.5 Å². The molecule has 7 nitrogen and oxygen atoms in total. The third kappa shape index (κ3) is 4.82. The number of hydrogen-bond acceptors (Lipinski definition) is 6. The molecule has 0 spiro atoms. The predicted molar refractivity (Wildman–Crippen MR) is 59.6 cm³/mol. The highest BCUT2D eigenvalue weighted by molar-refractivity contribution is 7.88. The average molecular weight is 264 g/mol. The van der Waals surface area contributed by atoms with Crippen LogP contribution in [-0.4, -0.2) is 42.5 Å². The number of nitrogens with zero attached hydrogens (tertiary/aromatic N) is 1. The maximum Gasteiger partial charge on any atom is 0.217 e. The van der Waals surface area contributed by atoms with E-state index in [0.29, 0.717) is 11.5 Å². The normalized spacial score (nSPS) is 15.8. The van der Waals surface area contributed by atoms with E-state index in [2.05, 4.69) is 9.88 Å². The second-order valence-corrected chi connectivity index (χ2v) is 5.97. The molecular weight excluding hydrogens is 248 g/mol. The van der Waals surface area contributed by atoms with Crippen LogP contribution in [0.4, 0.5) is 0 Å². The Balaban J connectivity index is 2.58. The van der Waals surface area contributed by atoms with E-state index < -0.39 is 22.2 Å². The van der Waals surface area contributed by atoms with Gasteiger partial charge in [0.15, 0.2) is 0 Å². The lowest BCUT2D eigenvalue weighted by molar-refractivity contribution is 0.00680. The molecule has 0 aliphatic heterocycles. The number of nitrogens with one attached hydrogen (secondary N) is 1. The summed E-state index contributed by atoms with van der Waals surface area (Å²) in [5.41, 5.74) is -1.19. The Morgan fingerprint density at radius 3 is 2.71 bits per heavy atom. The summed E-state index contributed by atoms with van der Waals surface area (Å²) in [6.45, 7) is 2.20. The van der Waals surface area contributed by atoms with E-state index in [-0.39, 0.29) is 12.3 Å². The van der Waals surface area contributed by atoms with Gasteiger partial charge in [0, 0.05) is 12.6 Å². The molecule has 1 atom stereocenters. The summed E-state index contributed by atoms with van der Waals surface area (Å²) in [4.78, 5) is 0. The Hall–Kier alpha value is -0.960. The second-order valence-electron chi connectivity index (χ2n) is 4.16. The molecule has 1 aromatic rings. The second kappa shape index (κ2) is 5.13. The average Bonchev–Trinajstić information content (AvgIpc) is 2.61. The molecule has 1 heterocycles. The molecule has 0 aliphatic rings. The third-order valence-corrected chi connectivity index (χ3v) is 3.29. The van der Waals surface area contributed by atoms with E-state index in [1.54, 1.807) is 6.92 Å². The Kier molecular flexibility index (Phi) is 4.26. The first kappa shape index (κ1) is 14.1. The van der Waals surface area contributed by atoms with E-state index >= 15 is 0 Å². The lowest BCUT2D eigenvalue weighted by atomic mass is 10.1. The van der Waals surface area contributed by atoms with Gasteiger partial charge in [-0.15, -0.1) is 0 Å². The van der Waals surface area contributed by atoms with Crippen LogP contribution in [0.1, 0.15) is 18.4 Å². The number of aliphatic hydroxyl groups excluding tert-OH is 1. The van der Waals surface area contributed by atoms with Gasteiger partial charge in [-0.2, -0.15) is 0 Å². The standard InChI is InChI=1S/C9H16N2O5S/c1-7-3-8(11-16-7)4-17(14,15)10-5-9(2,13)6-12/h3,10,12-13H,4-6H2,1-2H3. The molecule has 0 amide bonds. The summed E-state index contributed by atoms with van der Waals surface area (Å²) < 4.78 is 30.1. The molecule has 98 valence electrons. The third-order valence-electron chi connectivity index (χ3n) is 2.03. The van der Waals surface area contributed by atoms with Crippen LogP contribution < -0.4 is 4.72 Å². The minimum absolute atomic E-state index is 0.261. The van der Waals surface area contributed by atoms with Crippen LogP contribution in [0.5, 0.6) is 0 Å². The maximum atomic E-state index is 11.6. The molecule has 0 saturated heterocycles. The van der Waals surface area contributed by atoms with Crippen LogP contribution in [0.2, 0.25) is 0 Å². The topological polar surface area (TPSA) is 113 Å². The fraction of sp³-hybridized carbons (Fsp3) is 0.667. The highest BCUT2D eigenvalue weighted by atomic mass is 32.2. The van der Waals surface area contributed by atoms with Gasteiger partial charge in [-0.3, -0.25) is 0 Å². The Morgan fingerprint density at radius 1 is 1.59 bits per heavy atom. The molecule has 1 unspecified atom stereocenters. The van der Waals surface area contributed by atoms with Crippen LogP contribution in [0, 0.1) is 6.92 Å². The monoisotopic (exact) mass is 264 g/mol. The lowest BCUT2D eigenvalue weighted by Crippen LogP contribution is -2.43. The first-order chi connectivity index (χ1) is 7.74. The molecule has 8 heteroatoms. The van der Waals surface area contributed by atoms with Crippen molar-refractivity contribution in [3.05, 3.63) is 17.5 Å². The van der Waals surface area contributed by atoms with Gasteiger partial charge in [0.25, 0.3) is 0 Å². The van der Waals surface area contributed by atoms with Gasteiger partial charge < -0.3 is 14.7 Å². The van der Waals surface area contributed by atoms with Gasteiger partial charge in [0.2, 0.25) is 10.0 Å². The summed E-state index contributed by atoms with van der Waals surface area (Å²) in [5.74, 6) is 0.198. The minimum Gasteiger partial charge on any atom is -0.393 e. The highest BCUT2D eigenvalue weighted by Crippen LogP contribution is 2.07. The summed E-state index contributed by atoms with van der Waals surface area (Å²) in [6, 6.07) is 1.52. The summed E-state index contributed by atoms with van der Waals surface area (Å²) in [5, 5.41) is 21.8. The first-order valence-electron chi connectivity index (χ1n) is 4.97. The van der Waals surface area contributed by atoms with Crippen molar-refractivity contribution in [1.29, 1.82) is 0 Å². The van der Waals surface area contributed by atoms with Gasteiger partial charge in [0.05, 0.1) is 12.2 Å². The molecule has 0 radical (unpaired) electrons. The van der Waals surface area contributed by atoms with E-state index in [0.717, 1.165) is 0 Å². The van der Waals surface area contributed by atoms with Crippen molar-refractivity contribution in [1.82, 2.24) is 9.88 Å². The van der Waals surface area contributed by atoms with Crippen LogP contribution in [0.25, 0.3) is 0 Å². The largest absolute Gasteiger partial charge is 0.393 e. The molecule has 0 aromatic carbocycles. The van der Waals surface area contributed by atoms with E-state index in [1.165, 1.54) is 13.0 Å². The van der Waals surface area contributed by atoms with E-state index in [4.69, 9.17) is 9.63 Å². The van der Waals surface area contributed by atoms with Crippen molar-refractivity contribution in [2.45, 2.75) is 25.2 Å². The number of aromatic nitrogens is 1. The van der Waals surface area contributed by atoms with Crippen molar-refractivity contribution in [3.8, 4) is 0 Å². The van der Waals surface area contributed by atoms with Gasteiger partial charge >= 0.3 is 0 Å². The number of aryl methyl sites for hydroxylation is 1. The Labute approximate surface area is 99.5 Å². The molecule has 0 bridgehead atoms. The Morgan fingerprint density at radius 2 is 2.24 bits per heavy atom. The molecule has 0 fully saturated rings. The minimum atomic E-state index is -3.61. The van der Waals surface area contributed by atoms with Crippen LogP contribution in [-0.2, 0) is 15.8 Å². The molecule has 0 aliphatic carbocycles. The number of sulfonamides is 1. The fourth-order valence-electron chi connectivity index (χ4n) is 1.05.